The number of hydrogen-bond donors (Lipinski definition) is 3. The number of aryl methyl sites for hydroxylation is 3. The third kappa shape index (κ3) is 8.17. The van der Waals surface area contributed by atoms with Crippen LogP contribution >= 0.6 is 0 Å². The van der Waals surface area contributed by atoms with Crippen molar-refractivity contribution in [3.63, 3.8) is 0 Å². The average Bonchev–Trinajstić information content (AvgIpc) is 4.01. The smallest absolute Gasteiger partial charge is 0.387 e. The first-order valence-electron chi connectivity index (χ1n) is 24.1. The van der Waals surface area contributed by atoms with Crippen LogP contribution in [0.25, 0.3) is 54.9 Å². The van der Waals surface area contributed by atoms with Gasteiger partial charge in [-0.3, -0.25) is 14.4 Å². The zero-order valence-corrected chi connectivity index (χ0v) is 39.6. The van der Waals surface area contributed by atoms with Crippen LogP contribution in [0.2, 0.25) is 0 Å². The van der Waals surface area contributed by atoms with Gasteiger partial charge < -0.3 is 48.4 Å². The first-order chi connectivity index (χ1) is 35.9. The highest BCUT2D eigenvalue weighted by molar-refractivity contribution is 6.09. The van der Waals surface area contributed by atoms with Crippen LogP contribution in [0.5, 0.6) is 5.75 Å². The molecule has 2 aromatic carbocycles. The van der Waals surface area contributed by atoms with E-state index in [0.29, 0.717) is 110 Å². The standard InChI is InChI=1S/C53H45F5N12O4/c1-65-38-16-20-66(51(72)45(38)34-10-14-43(64-47(34)65)68-19-3-4-29(54)28-68)23-25-70-40-17-21-67(52(73)46(40)35-9-13-42(63-49(35)70)61-31-7-11-36(55)37(56)27-31)22-24-69-39-15-18-59-50(71)44(39)33-8-12-41(62-48(33)69)60-30-5-2-6-32(26-30)74-53(57)58/h2,5-15,17-18,21,26-27,29,53H,3-4,16,19-20,22-25,28H2,1H3,(H,59,71)(H,60,62)(H,61,63)/t29-/m1/s1. The molecule has 0 aliphatic carbocycles. The van der Waals surface area contributed by atoms with E-state index < -0.39 is 24.4 Å². The number of fused-ring (bicyclic) bond motifs is 9. The molecule has 1 amide bonds. The number of piperidine rings is 1. The van der Waals surface area contributed by atoms with Crippen LogP contribution in [0.15, 0.2) is 113 Å². The van der Waals surface area contributed by atoms with Gasteiger partial charge in [0.2, 0.25) is 0 Å². The number of nitrogens with one attached hydrogen (secondary N) is 3. The fourth-order valence-corrected chi connectivity index (χ4v) is 10.6. The van der Waals surface area contributed by atoms with Gasteiger partial charge in [-0.25, -0.2) is 28.1 Å². The van der Waals surface area contributed by atoms with Crippen molar-refractivity contribution in [2.75, 3.05) is 41.7 Å². The van der Waals surface area contributed by atoms with Crippen molar-refractivity contribution in [3.8, 4) is 5.75 Å². The molecule has 16 nitrogen and oxygen atoms in total. The number of benzene rings is 2. The number of carbonyl (C=O) groups is 1. The predicted octanol–water partition coefficient (Wildman–Crippen LogP) is 9.13. The Hall–Kier alpha value is -8.75. The van der Waals surface area contributed by atoms with E-state index in [1.54, 1.807) is 58.1 Å². The number of rotatable bonds is 13. The van der Waals surface area contributed by atoms with Gasteiger partial charge in [0.15, 0.2) is 11.6 Å². The number of H-pyrrole nitrogens is 1. The Bertz CT molecular complexity index is 4010. The quantitative estimate of drug-likeness (QED) is 0.0949. The Morgan fingerprint density at radius 1 is 0.743 bits per heavy atom. The molecule has 376 valence electrons. The molecular formula is C53H45F5N12O4. The van der Waals surface area contributed by atoms with E-state index in [2.05, 4.69) is 20.4 Å². The highest BCUT2D eigenvalue weighted by atomic mass is 19.3. The summed E-state index contributed by atoms with van der Waals surface area (Å²) in [7, 11) is 1.90. The molecular weight excluding hydrogens is 964 g/mol. The van der Waals surface area contributed by atoms with E-state index in [4.69, 9.17) is 15.0 Å². The molecule has 0 unspecified atom stereocenters. The Balaban J connectivity index is 0.878. The lowest BCUT2D eigenvalue weighted by molar-refractivity contribution is -0.0498. The zero-order chi connectivity index (χ0) is 50.9. The monoisotopic (exact) mass is 1010 g/mol. The summed E-state index contributed by atoms with van der Waals surface area (Å²) in [5, 5.41) is 8.75. The number of ether oxygens (including phenoxy) is 1. The van der Waals surface area contributed by atoms with E-state index in [1.165, 1.54) is 24.4 Å². The molecule has 0 spiro atoms. The summed E-state index contributed by atoms with van der Waals surface area (Å²) >= 11 is 0. The third-order valence-electron chi connectivity index (χ3n) is 14.1. The number of aromatic nitrogens is 8. The largest absolute Gasteiger partial charge is 0.435 e. The zero-order valence-electron chi connectivity index (χ0n) is 39.6. The number of hydrogen-bond acceptors (Lipinski definition) is 10. The van der Waals surface area contributed by atoms with Crippen LogP contribution < -0.4 is 31.4 Å². The third-order valence-corrected chi connectivity index (χ3v) is 14.1. The van der Waals surface area contributed by atoms with Crippen LogP contribution in [0.1, 0.15) is 28.9 Å². The second-order valence-corrected chi connectivity index (χ2v) is 18.5. The fourth-order valence-electron chi connectivity index (χ4n) is 10.6. The van der Waals surface area contributed by atoms with E-state index >= 15 is 0 Å². The molecule has 2 aliphatic rings. The minimum atomic E-state index is -3.00. The lowest BCUT2D eigenvalue weighted by atomic mass is 10.0. The maximum Gasteiger partial charge on any atom is 0.387 e. The predicted molar refractivity (Wildman–Crippen MR) is 272 cm³/mol. The highest BCUT2D eigenvalue weighted by Crippen LogP contribution is 2.34. The second-order valence-electron chi connectivity index (χ2n) is 18.5. The molecule has 2 aliphatic heterocycles. The molecule has 1 fully saturated rings. The molecule has 8 aromatic heterocycles. The molecule has 0 saturated carbocycles. The fraction of sp³-hybridized carbons (Fsp3) is 0.245. The van der Waals surface area contributed by atoms with Crippen molar-refractivity contribution in [2.24, 2.45) is 7.05 Å². The van der Waals surface area contributed by atoms with Gasteiger partial charge in [0.05, 0.1) is 33.9 Å². The van der Waals surface area contributed by atoms with Crippen molar-refractivity contribution in [3.05, 3.63) is 147 Å². The van der Waals surface area contributed by atoms with Crippen LogP contribution in [-0.2, 0) is 33.1 Å². The van der Waals surface area contributed by atoms with Gasteiger partial charge in [-0.05, 0) is 85.6 Å². The van der Waals surface area contributed by atoms with Crippen molar-refractivity contribution in [1.82, 2.24) is 43.1 Å². The highest BCUT2D eigenvalue weighted by Gasteiger charge is 2.32. The average molecular weight is 1010 g/mol. The number of alkyl halides is 3. The van der Waals surface area contributed by atoms with Crippen molar-refractivity contribution in [1.29, 1.82) is 0 Å². The van der Waals surface area contributed by atoms with Gasteiger partial charge in [0.25, 0.3) is 17.0 Å². The minimum Gasteiger partial charge on any atom is -0.435 e. The topological polar surface area (TPSA) is 165 Å². The molecule has 74 heavy (non-hydrogen) atoms. The lowest BCUT2D eigenvalue weighted by Crippen LogP contribution is -2.39. The molecule has 21 heteroatoms. The van der Waals surface area contributed by atoms with E-state index in [-0.39, 0.29) is 61.2 Å². The number of aromatic amines is 1. The second kappa shape index (κ2) is 18.4. The number of nitrogens with zero attached hydrogens (tertiary/aromatic N) is 9. The van der Waals surface area contributed by atoms with Crippen LogP contribution in [0.4, 0.5) is 50.8 Å². The summed E-state index contributed by atoms with van der Waals surface area (Å²) in [6.45, 7) is -0.770. The summed E-state index contributed by atoms with van der Waals surface area (Å²) < 4.78 is 80.4. The molecule has 1 saturated heterocycles. The lowest BCUT2D eigenvalue weighted by Gasteiger charge is -2.30. The summed E-state index contributed by atoms with van der Waals surface area (Å²) in [6, 6.07) is 23.6. The number of amides is 1. The molecule has 10 heterocycles. The van der Waals surface area contributed by atoms with Crippen LogP contribution in [-0.4, -0.2) is 88.0 Å². The van der Waals surface area contributed by atoms with E-state index in [0.717, 1.165) is 24.2 Å². The number of carbonyl (C=O) groups excluding carboxylic acids is 1. The van der Waals surface area contributed by atoms with Gasteiger partial charge in [-0.1, -0.05) is 6.07 Å². The van der Waals surface area contributed by atoms with Gasteiger partial charge in [0, 0.05) is 110 Å². The van der Waals surface area contributed by atoms with Crippen LogP contribution in [0.3, 0.4) is 0 Å². The number of anilines is 5. The Morgan fingerprint density at radius 3 is 2.20 bits per heavy atom. The molecule has 0 bridgehead atoms. The Morgan fingerprint density at radius 2 is 1.46 bits per heavy atom. The summed E-state index contributed by atoms with van der Waals surface area (Å²) in [4.78, 5) is 63.8. The molecule has 1 atom stereocenters. The molecule has 0 radical (unpaired) electrons. The van der Waals surface area contributed by atoms with Crippen molar-refractivity contribution in [2.45, 2.75) is 51.7 Å². The summed E-state index contributed by atoms with van der Waals surface area (Å²) in [6.07, 6.45) is 4.13. The van der Waals surface area contributed by atoms with Crippen molar-refractivity contribution >= 4 is 89.6 Å². The Labute approximate surface area is 416 Å². The minimum absolute atomic E-state index is 0.0373. The summed E-state index contributed by atoms with van der Waals surface area (Å²) in [5.74, 6) is -0.891. The number of pyridine rings is 5. The van der Waals surface area contributed by atoms with Gasteiger partial charge >= 0.3 is 6.61 Å². The first kappa shape index (κ1) is 46.3. The van der Waals surface area contributed by atoms with Gasteiger partial charge in [-0.15, -0.1) is 0 Å². The maximum atomic E-state index is 14.8. The van der Waals surface area contributed by atoms with Gasteiger partial charge in [-0.2, -0.15) is 8.78 Å². The first-order valence-corrected chi connectivity index (χ1v) is 24.1. The van der Waals surface area contributed by atoms with E-state index in [1.807, 2.05) is 43.8 Å². The maximum absolute atomic E-state index is 14.8. The van der Waals surface area contributed by atoms with Crippen molar-refractivity contribution < 1.29 is 31.5 Å². The van der Waals surface area contributed by atoms with Crippen LogP contribution in [0, 0.1) is 11.6 Å². The Kier molecular flexibility index (Phi) is 11.5. The SMILES string of the molecule is Cn1c2c(c3ccc(N4CCC[C@@H](F)C4)nc31)C(=O)N(CCn1c3ccn(CCn4c5cc[nH]c(=O)c5c5ccc(Nc6cccc(OC(F)F)c6)nc54)c(=O)c3c3ccc(Nc4ccc(F)c(F)c4)nc31)CC2. The van der Waals surface area contributed by atoms with Gasteiger partial charge in [0.1, 0.15) is 46.3 Å². The van der Waals surface area contributed by atoms with E-state index in [9.17, 15) is 36.3 Å². The normalized spacial score (nSPS) is 15.1. The number of halogens is 5. The molecule has 10 aromatic rings. The summed E-state index contributed by atoms with van der Waals surface area (Å²) in [5.41, 5.74) is 4.12. The molecule has 12 rings (SSSR count). The molecule has 3 N–H and O–H groups in total.